The van der Waals surface area contributed by atoms with Crippen LogP contribution in [0.4, 0.5) is 0 Å². The van der Waals surface area contributed by atoms with Gasteiger partial charge in [0.25, 0.3) is 0 Å². The number of hydrogen-bond donors (Lipinski definition) is 1. The average Bonchev–Trinajstić information content (AvgIpc) is 2.01. The molecule has 0 aromatic heterocycles. The molecule has 1 atom stereocenters. The van der Waals surface area contributed by atoms with E-state index in [1.165, 1.54) is 14.2 Å². The summed E-state index contributed by atoms with van der Waals surface area (Å²) < 4.78 is 20.0. The predicted octanol–water partition coefficient (Wildman–Crippen LogP) is 0.977. The van der Waals surface area contributed by atoms with E-state index in [9.17, 15) is 4.57 Å². The van der Waals surface area contributed by atoms with Gasteiger partial charge in [-0.05, 0) is 0 Å². The summed E-state index contributed by atoms with van der Waals surface area (Å²) in [4.78, 5) is 0. The Labute approximate surface area is 60.0 Å². The van der Waals surface area contributed by atoms with Gasteiger partial charge in [0.1, 0.15) is 0 Å². The lowest BCUT2D eigenvalue weighted by Gasteiger charge is -2.15. The van der Waals surface area contributed by atoms with Crippen molar-refractivity contribution in [1.29, 1.82) is 0 Å². The molecule has 60 valence electrons. The summed E-state index contributed by atoms with van der Waals surface area (Å²) >= 11 is 0. The maximum absolute atomic E-state index is 11.1. The van der Waals surface area contributed by atoms with Gasteiger partial charge in [0.05, 0.1) is 0 Å². The Morgan fingerprint density at radius 2 is 2.00 bits per heavy atom. The molecule has 1 N–H and O–H groups in total. The second-order valence-corrected chi connectivity index (χ2v) is 3.89. The summed E-state index contributed by atoms with van der Waals surface area (Å²) in [5, 5.41) is 8.95. The topological polar surface area (TPSA) is 55.8 Å². The fourth-order valence-electron chi connectivity index (χ4n) is 0.420. The normalized spacial score (nSPS) is 14.7. The molecule has 5 heteroatoms. The summed E-state index contributed by atoms with van der Waals surface area (Å²) in [6.07, 6.45) is 1.10. The smallest absolute Gasteiger partial charge is 0.362 e. The van der Waals surface area contributed by atoms with E-state index in [1.54, 1.807) is 0 Å². The molecule has 0 radical (unpaired) electrons. The monoisotopic (exact) mass is 166 g/mol. The molecule has 0 rings (SSSR count). The molecule has 0 aliphatic carbocycles. The van der Waals surface area contributed by atoms with Crippen LogP contribution in [-0.4, -0.2) is 25.2 Å². The molecular weight excluding hydrogens is 155 g/mol. The molecule has 0 heterocycles. The summed E-state index contributed by atoms with van der Waals surface area (Å²) in [7, 11) is -0.924. The van der Waals surface area contributed by atoms with Gasteiger partial charge in [-0.3, -0.25) is 4.57 Å². The first-order chi connectivity index (χ1) is 4.60. The van der Waals surface area contributed by atoms with Crippen molar-refractivity contribution in [3.05, 3.63) is 12.7 Å². The van der Waals surface area contributed by atoms with Gasteiger partial charge < -0.3 is 14.2 Å². The predicted molar refractivity (Wildman–Crippen MR) is 37.8 cm³/mol. The van der Waals surface area contributed by atoms with Crippen LogP contribution in [0.25, 0.3) is 0 Å². The molecule has 0 spiro atoms. The van der Waals surface area contributed by atoms with Crippen LogP contribution >= 0.6 is 7.60 Å². The first kappa shape index (κ1) is 9.85. The van der Waals surface area contributed by atoms with Crippen LogP contribution in [0.1, 0.15) is 0 Å². The molecule has 4 nitrogen and oxygen atoms in total. The van der Waals surface area contributed by atoms with E-state index in [0.29, 0.717) is 0 Å². The van der Waals surface area contributed by atoms with Crippen molar-refractivity contribution in [2.45, 2.75) is 5.85 Å². The first-order valence-corrected chi connectivity index (χ1v) is 4.23. The van der Waals surface area contributed by atoms with E-state index in [2.05, 4.69) is 15.6 Å². The van der Waals surface area contributed by atoms with Crippen molar-refractivity contribution in [2.75, 3.05) is 14.2 Å². The highest BCUT2D eigenvalue weighted by atomic mass is 31.2. The Balaban J connectivity index is 4.32. The zero-order chi connectivity index (χ0) is 8.20. The number of rotatable bonds is 4. The van der Waals surface area contributed by atoms with Crippen molar-refractivity contribution in [1.82, 2.24) is 0 Å². The fourth-order valence-corrected chi connectivity index (χ4v) is 1.26. The van der Waals surface area contributed by atoms with Crippen LogP contribution in [0.15, 0.2) is 12.7 Å². The van der Waals surface area contributed by atoms with Crippen molar-refractivity contribution in [3.63, 3.8) is 0 Å². The SMILES string of the molecule is C=C[C@@H](O)P(=O)(OC)OC. The standard InChI is InChI=1S/C5H11O4P/c1-4-5(6)10(7,8-2)9-3/h4-6H,1H2,2-3H3/t5-/m0/s1. The van der Waals surface area contributed by atoms with Crippen LogP contribution in [0.3, 0.4) is 0 Å². The highest BCUT2D eigenvalue weighted by molar-refractivity contribution is 7.54. The molecular formula is C5H11O4P. The zero-order valence-corrected chi connectivity index (χ0v) is 6.88. The van der Waals surface area contributed by atoms with Gasteiger partial charge in [-0.1, -0.05) is 12.7 Å². The lowest BCUT2D eigenvalue weighted by molar-refractivity contribution is 0.201. The maximum Gasteiger partial charge on any atom is 0.362 e. The minimum absolute atomic E-state index is 1.10. The highest BCUT2D eigenvalue weighted by Crippen LogP contribution is 2.50. The third kappa shape index (κ3) is 1.92. The summed E-state index contributed by atoms with van der Waals surface area (Å²) in [5.41, 5.74) is 0. The van der Waals surface area contributed by atoms with Crippen LogP contribution in [-0.2, 0) is 13.6 Å². The van der Waals surface area contributed by atoms with E-state index < -0.39 is 13.4 Å². The van der Waals surface area contributed by atoms with Gasteiger partial charge in [0, 0.05) is 14.2 Å². The molecule has 0 aliphatic rings. The quantitative estimate of drug-likeness (QED) is 0.499. The largest absolute Gasteiger partial charge is 0.377 e. The van der Waals surface area contributed by atoms with E-state index in [1.807, 2.05) is 0 Å². The minimum atomic E-state index is -3.33. The Kier molecular flexibility index (Phi) is 3.83. The second-order valence-electron chi connectivity index (χ2n) is 1.55. The molecule has 0 bridgehead atoms. The van der Waals surface area contributed by atoms with Crippen LogP contribution in [0, 0.1) is 0 Å². The number of aliphatic hydroxyl groups is 1. The first-order valence-electron chi connectivity index (χ1n) is 2.62. The molecule has 0 saturated heterocycles. The second kappa shape index (κ2) is 3.88. The van der Waals surface area contributed by atoms with Gasteiger partial charge in [-0.25, -0.2) is 0 Å². The molecule has 10 heavy (non-hydrogen) atoms. The maximum atomic E-state index is 11.1. The van der Waals surface area contributed by atoms with Gasteiger partial charge in [-0.15, -0.1) is 0 Å². The van der Waals surface area contributed by atoms with Crippen molar-refractivity contribution >= 4 is 7.60 Å². The lowest BCUT2D eigenvalue weighted by Crippen LogP contribution is -2.06. The average molecular weight is 166 g/mol. The van der Waals surface area contributed by atoms with Crippen LogP contribution < -0.4 is 0 Å². The van der Waals surface area contributed by atoms with Gasteiger partial charge in [0.15, 0.2) is 5.85 Å². The van der Waals surface area contributed by atoms with Crippen molar-refractivity contribution in [2.24, 2.45) is 0 Å². The summed E-state index contributed by atoms with van der Waals surface area (Å²) in [5.74, 6) is -1.25. The molecule has 0 aromatic rings. The van der Waals surface area contributed by atoms with Crippen molar-refractivity contribution < 1.29 is 18.7 Å². The van der Waals surface area contributed by atoms with Crippen molar-refractivity contribution in [3.8, 4) is 0 Å². The molecule has 0 aromatic carbocycles. The molecule has 0 fully saturated rings. The van der Waals surface area contributed by atoms with Gasteiger partial charge in [0.2, 0.25) is 0 Å². The van der Waals surface area contributed by atoms with E-state index in [0.717, 1.165) is 6.08 Å². The number of hydrogen-bond acceptors (Lipinski definition) is 4. The Bertz CT molecular complexity index is 148. The van der Waals surface area contributed by atoms with E-state index in [4.69, 9.17) is 5.11 Å². The van der Waals surface area contributed by atoms with Crippen LogP contribution in [0.5, 0.6) is 0 Å². The minimum Gasteiger partial charge on any atom is -0.377 e. The van der Waals surface area contributed by atoms with Crippen LogP contribution in [0.2, 0.25) is 0 Å². The van der Waals surface area contributed by atoms with E-state index in [-0.39, 0.29) is 0 Å². The molecule has 0 saturated carbocycles. The Hall–Kier alpha value is -0.150. The molecule has 0 unspecified atom stereocenters. The molecule has 0 amide bonds. The van der Waals surface area contributed by atoms with E-state index >= 15 is 0 Å². The Morgan fingerprint density at radius 1 is 1.60 bits per heavy atom. The fraction of sp³-hybridized carbons (Fsp3) is 0.600. The molecule has 0 aliphatic heterocycles. The van der Waals surface area contributed by atoms with Gasteiger partial charge >= 0.3 is 7.60 Å². The third-order valence-corrected chi connectivity index (χ3v) is 2.92. The number of aliphatic hydroxyl groups excluding tert-OH is 1. The summed E-state index contributed by atoms with van der Waals surface area (Å²) in [6.45, 7) is 3.24. The highest BCUT2D eigenvalue weighted by Gasteiger charge is 2.29. The van der Waals surface area contributed by atoms with Gasteiger partial charge in [-0.2, -0.15) is 0 Å². The lowest BCUT2D eigenvalue weighted by atomic mass is 10.7. The Morgan fingerprint density at radius 3 is 2.10 bits per heavy atom. The third-order valence-electron chi connectivity index (χ3n) is 1.04. The summed E-state index contributed by atoms with van der Waals surface area (Å²) in [6, 6.07) is 0. The zero-order valence-electron chi connectivity index (χ0n) is 5.98.